The summed E-state index contributed by atoms with van der Waals surface area (Å²) in [4.78, 5) is 50.3. The van der Waals surface area contributed by atoms with Gasteiger partial charge in [-0.15, -0.1) is 0 Å². The van der Waals surface area contributed by atoms with Gasteiger partial charge in [0.15, 0.2) is 0 Å². The predicted molar refractivity (Wildman–Crippen MR) is 185 cm³/mol. The normalized spacial score (nSPS) is 17.6. The average molecular weight is 643 g/mol. The number of carbonyl (C=O) groups excluding carboxylic acids is 3. The van der Waals surface area contributed by atoms with Crippen LogP contribution in [-0.4, -0.2) is 51.3 Å². The molecule has 3 aromatic rings. The van der Waals surface area contributed by atoms with E-state index in [1.807, 2.05) is 24.3 Å². The Morgan fingerprint density at radius 1 is 0.787 bits per heavy atom. The van der Waals surface area contributed by atoms with Crippen LogP contribution in [0, 0.1) is 5.92 Å². The van der Waals surface area contributed by atoms with Crippen molar-refractivity contribution in [1.82, 2.24) is 25.6 Å². The zero-order valence-electron chi connectivity index (χ0n) is 27.4. The number of nitrogens with zero attached hydrogens (tertiary/aromatic N) is 3. The zero-order valence-corrected chi connectivity index (χ0v) is 27.4. The maximum absolute atomic E-state index is 13.4. The molecular formula is C36H50N8O3. The lowest BCUT2D eigenvalue weighted by molar-refractivity contribution is -0.126. The molecule has 0 aliphatic heterocycles. The van der Waals surface area contributed by atoms with Gasteiger partial charge in [-0.25, -0.2) is 9.97 Å². The molecule has 0 bridgehead atoms. The molecule has 11 heteroatoms. The topological polar surface area (TPSA) is 164 Å². The lowest BCUT2D eigenvalue weighted by Crippen LogP contribution is -2.41. The highest BCUT2D eigenvalue weighted by Crippen LogP contribution is 2.30. The molecule has 11 nitrogen and oxygen atoms in total. The van der Waals surface area contributed by atoms with Gasteiger partial charge in [0.25, 0.3) is 5.91 Å². The van der Waals surface area contributed by atoms with E-state index in [4.69, 9.17) is 5.73 Å². The van der Waals surface area contributed by atoms with E-state index < -0.39 is 0 Å². The molecule has 3 amide bonds. The first-order valence-electron chi connectivity index (χ1n) is 17.6. The zero-order chi connectivity index (χ0) is 32.8. The van der Waals surface area contributed by atoms with Crippen molar-refractivity contribution < 1.29 is 14.4 Å². The summed E-state index contributed by atoms with van der Waals surface area (Å²) >= 11 is 0. The monoisotopic (exact) mass is 642 g/mol. The largest absolute Gasteiger partial charge is 0.382 e. The highest BCUT2D eigenvalue weighted by Gasteiger charge is 2.29. The molecule has 0 spiro atoms. The molecule has 0 atom stereocenters. The maximum Gasteiger partial charge on any atom is 0.255 e. The molecule has 2 fully saturated rings. The Morgan fingerprint density at radius 2 is 1.49 bits per heavy atom. The van der Waals surface area contributed by atoms with Crippen molar-refractivity contribution in [2.24, 2.45) is 11.7 Å². The van der Waals surface area contributed by atoms with Crippen molar-refractivity contribution in [1.29, 1.82) is 0 Å². The Bertz CT molecular complexity index is 1490. The molecule has 3 heterocycles. The van der Waals surface area contributed by atoms with Gasteiger partial charge in [-0.3, -0.25) is 19.4 Å². The molecule has 47 heavy (non-hydrogen) atoms. The molecule has 5 rings (SSSR count). The molecule has 2 aliphatic carbocycles. The van der Waals surface area contributed by atoms with Gasteiger partial charge in [0.05, 0.1) is 16.8 Å². The first-order chi connectivity index (χ1) is 22.9. The number of primary amides is 1. The van der Waals surface area contributed by atoms with E-state index in [2.05, 4.69) is 36.2 Å². The van der Waals surface area contributed by atoms with Gasteiger partial charge < -0.3 is 27.0 Å². The summed E-state index contributed by atoms with van der Waals surface area (Å²) < 4.78 is 0. The predicted octanol–water partition coefficient (Wildman–Crippen LogP) is 6.13. The number of hydrogen-bond acceptors (Lipinski definition) is 8. The summed E-state index contributed by atoms with van der Waals surface area (Å²) in [5.41, 5.74) is 7.30. The molecule has 0 saturated heterocycles. The molecule has 0 radical (unpaired) electrons. The maximum atomic E-state index is 13.4. The Morgan fingerprint density at radius 3 is 2.21 bits per heavy atom. The van der Waals surface area contributed by atoms with Gasteiger partial charge in [-0.05, 0) is 69.6 Å². The quantitative estimate of drug-likeness (QED) is 0.0974. The summed E-state index contributed by atoms with van der Waals surface area (Å²) in [5.74, 6) is 1.10. The number of nitrogens with two attached hydrogens (primary N) is 1. The number of amides is 3. The number of aromatic nitrogens is 3. The van der Waals surface area contributed by atoms with Crippen molar-refractivity contribution in [2.45, 2.75) is 115 Å². The Balaban J connectivity index is 0.998. The van der Waals surface area contributed by atoms with E-state index >= 15 is 0 Å². The third-order valence-electron chi connectivity index (χ3n) is 9.16. The second-order valence-corrected chi connectivity index (χ2v) is 13.1. The van der Waals surface area contributed by atoms with Crippen LogP contribution in [0.15, 0.2) is 42.9 Å². The van der Waals surface area contributed by atoms with Crippen molar-refractivity contribution in [3.8, 4) is 0 Å². The summed E-state index contributed by atoms with van der Waals surface area (Å²) in [7, 11) is 0. The summed E-state index contributed by atoms with van der Waals surface area (Å²) in [6.07, 6.45) is 21.0. The van der Waals surface area contributed by atoms with Crippen LogP contribution in [-0.2, 0) is 9.59 Å². The molecule has 0 aromatic carbocycles. The van der Waals surface area contributed by atoms with E-state index in [0.29, 0.717) is 29.7 Å². The summed E-state index contributed by atoms with van der Waals surface area (Å²) in [5, 5.41) is 14.1. The lowest BCUT2D eigenvalue weighted by atomic mass is 9.85. The second kappa shape index (κ2) is 17.6. The average Bonchev–Trinajstić information content (AvgIpc) is 3.89. The number of carbonyl (C=O) groups is 3. The minimum absolute atomic E-state index is 0.0109. The van der Waals surface area contributed by atoms with Crippen LogP contribution in [0.1, 0.15) is 113 Å². The standard InChI is InChI=1S/C36H50N8O3/c37-32(45)10-8-6-4-2-1-3-5-7-9-20-39-35(46)25-11-14-28(15-12-25)42-36(47)29-24-40-34(22-31(29)41-27-16-17-27)44-33-18-13-26-23-38-21-19-30(26)43-33/h13,18-19,21-25,27-28H,1-12,14-17,20H2,(H2,37,45)(H,39,46)(H,42,47)(H2,40,41,43,44). The van der Waals surface area contributed by atoms with Gasteiger partial charge in [0.2, 0.25) is 11.8 Å². The number of anilines is 3. The van der Waals surface area contributed by atoms with E-state index in [1.54, 1.807) is 18.6 Å². The number of rotatable bonds is 19. The fourth-order valence-corrected chi connectivity index (χ4v) is 6.22. The third kappa shape index (κ3) is 11.2. The van der Waals surface area contributed by atoms with Gasteiger partial charge in [-0.1, -0.05) is 44.9 Å². The van der Waals surface area contributed by atoms with E-state index in [-0.39, 0.29) is 29.7 Å². The van der Waals surface area contributed by atoms with Gasteiger partial charge in [-0.2, -0.15) is 0 Å². The molecule has 2 aliphatic rings. The molecule has 6 N–H and O–H groups in total. The first-order valence-corrected chi connectivity index (χ1v) is 17.6. The minimum Gasteiger partial charge on any atom is -0.382 e. The molecular weight excluding hydrogens is 592 g/mol. The SMILES string of the molecule is NC(=O)CCCCCCCCCCCNC(=O)C1CCC(NC(=O)c2cnc(Nc3ccc4cnccc4n3)cc2NC2CC2)CC1. The van der Waals surface area contributed by atoms with Crippen molar-refractivity contribution in [2.75, 3.05) is 17.2 Å². The third-order valence-corrected chi connectivity index (χ3v) is 9.16. The van der Waals surface area contributed by atoms with Crippen molar-refractivity contribution in [3.05, 3.63) is 48.4 Å². The molecule has 2 saturated carbocycles. The Hall–Kier alpha value is -4.28. The van der Waals surface area contributed by atoms with Gasteiger partial charge >= 0.3 is 0 Å². The number of unbranched alkanes of at least 4 members (excludes halogenated alkanes) is 8. The smallest absolute Gasteiger partial charge is 0.255 e. The molecule has 252 valence electrons. The highest BCUT2D eigenvalue weighted by atomic mass is 16.2. The number of hydrogen-bond donors (Lipinski definition) is 5. The fourth-order valence-electron chi connectivity index (χ4n) is 6.22. The van der Waals surface area contributed by atoms with Crippen molar-refractivity contribution >= 4 is 45.9 Å². The first kappa shape index (κ1) is 34.1. The summed E-state index contributed by atoms with van der Waals surface area (Å²) in [6, 6.07) is 8.01. The second-order valence-electron chi connectivity index (χ2n) is 13.1. The Kier molecular flexibility index (Phi) is 12.7. The van der Waals surface area contributed by atoms with Gasteiger partial charge in [0, 0.05) is 61.0 Å². The number of pyridine rings is 3. The van der Waals surface area contributed by atoms with Crippen LogP contribution in [0.5, 0.6) is 0 Å². The lowest BCUT2D eigenvalue weighted by Gasteiger charge is -2.28. The van der Waals surface area contributed by atoms with Crippen LogP contribution >= 0.6 is 0 Å². The molecule has 3 aromatic heterocycles. The highest BCUT2D eigenvalue weighted by molar-refractivity contribution is 6.00. The van der Waals surface area contributed by atoms with Crippen LogP contribution in [0.25, 0.3) is 10.9 Å². The summed E-state index contributed by atoms with van der Waals surface area (Å²) in [6.45, 7) is 0.728. The van der Waals surface area contributed by atoms with E-state index in [0.717, 1.165) is 87.3 Å². The van der Waals surface area contributed by atoms with Gasteiger partial charge in [0.1, 0.15) is 11.6 Å². The molecule has 0 unspecified atom stereocenters. The number of nitrogens with one attached hydrogen (secondary N) is 4. The van der Waals surface area contributed by atoms with Crippen molar-refractivity contribution in [3.63, 3.8) is 0 Å². The van der Waals surface area contributed by atoms with Crippen LogP contribution < -0.4 is 27.0 Å². The Labute approximate surface area is 277 Å². The van der Waals surface area contributed by atoms with Crippen LogP contribution in [0.4, 0.5) is 17.3 Å². The van der Waals surface area contributed by atoms with E-state index in [1.165, 1.54) is 32.1 Å². The van der Waals surface area contributed by atoms with Crippen LogP contribution in [0.3, 0.4) is 0 Å². The minimum atomic E-state index is -0.205. The fraction of sp³-hybridized carbons (Fsp3) is 0.556. The van der Waals surface area contributed by atoms with Crippen LogP contribution in [0.2, 0.25) is 0 Å². The van der Waals surface area contributed by atoms with E-state index in [9.17, 15) is 14.4 Å². The number of fused-ring (bicyclic) bond motifs is 1.